The van der Waals surface area contributed by atoms with Crippen molar-refractivity contribution in [2.75, 3.05) is 26.8 Å². The SMILES string of the molecule is CN(CC(=O)OCCCO)C(=O)OCc1ccccc1. The van der Waals surface area contributed by atoms with Gasteiger partial charge < -0.3 is 19.5 Å². The highest BCUT2D eigenvalue weighted by Gasteiger charge is 2.15. The van der Waals surface area contributed by atoms with E-state index in [0.717, 1.165) is 10.5 Å². The molecular formula is C14H19NO5. The Kier molecular flexibility index (Phi) is 7.13. The molecule has 0 aliphatic carbocycles. The first-order valence-corrected chi connectivity index (χ1v) is 6.31. The first-order valence-electron chi connectivity index (χ1n) is 6.31. The van der Waals surface area contributed by atoms with Crippen molar-refractivity contribution in [3.05, 3.63) is 35.9 Å². The van der Waals surface area contributed by atoms with E-state index in [4.69, 9.17) is 14.6 Å². The topological polar surface area (TPSA) is 76.1 Å². The second-order valence-electron chi connectivity index (χ2n) is 4.19. The number of ether oxygens (including phenoxy) is 2. The molecule has 0 atom stereocenters. The molecule has 0 bridgehead atoms. The molecule has 0 aliphatic heterocycles. The van der Waals surface area contributed by atoms with Crippen LogP contribution in [0.1, 0.15) is 12.0 Å². The van der Waals surface area contributed by atoms with E-state index in [1.165, 1.54) is 7.05 Å². The van der Waals surface area contributed by atoms with Gasteiger partial charge in [0.1, 0.15) is 13.2 Å². The molecule has 0 unspecified atom stereocenters. The van der Waals surface area contributed by atoms with Gasteiger partial charge in [-0.2, -0.15) is 0 Å². The van der Waals surface area contributed by atoms with Crippen LogP contribution in [0.25, 0.3) is 0 Å². The van der Waals surface area contributed by atoms with Gasteiger partial charge >= 0.3 is 12.1 Å². The Hall–Kier alpha value is -2.08. The van der Waals surface area contributed by atoms with Gasteiger partial charge in [-0.3, -0.25) is 4.79 Å². The number of aliphatic hydroxyl groups excluding tert-OH is 1. The van der Waals surface area contributed by atoms with Crippen LogP contribution in [0, 0.1) is 0 Å². The number of nitrogens with zero attached hydrogens (tertiary/aromatic N) is 1. The Bertz CT molecular complexity index is 421. The van der Waals surface area contributed by atoms with Crippen molar-refractivity contribution in [3.8, 4) is 0 Å². The molecule has 0 aromatic heterocycles. The van der Waals surface area contributed by atoms with Crippen molar-refractivity contribution in [1.82, 2.24) is 4.90 Å². The molecule has 0 radical (unpaired) electrons. The molecule has 1 aromatic rings. The maximum Gasteiger partial charge on any atom is 0.410 e. The summed E-state index contributed by atoms with van der Waals surface area (Å²) in [7, 11) is 1.46. The van der Waals surface area contributed by atoms with Crippen LogP contribution in [0.15, 0.2) is 30.3 Å². The lowest BCUT2D eigenvalue weighted by Crippen LogP contribution is -2.33. The maximum atomic E-state index is 11.6. The van der Waals surface area contributed by atoms with Gasteiger partial charge in [0, 0.05) is 20.1 Å². The molecule has 0 saturated heterocycles. The normalized spacial score (nSPS) is 9.90. The largest absolute Gasteiger partial charge is 0.464 e. The van der Waals surface area contributed by atoms with Crippen LogP contribution < -0.4 is 0 Å². The third-order valence-corrected chi connectivity index (χ3v) is 2.45. The number of amides is 1. The lowest BCUT2D eigenvalue weighted by molar-refractivity contribution is -0.144. The van der Waals surface area contributed by atoms with E-state index in [2.05, 4.69) is 0 Å². The summed E-state index contributed by atoms with van der Waals surface area (Å²) in [4.78, 5) is 24.1. The lowest BCUT2D eigenvalue weighted by Gasteiger charge is -2.16. The molecule has 1 amide bonds. The Balaban J connectivity index is 2.26. The van der Waals surface area contributed by atoms with Crippen LogP contribution in [0.5, 0.6) is 0 Å². The van der Waals surface area contributed by atoms with Gasteiger partial charge in [-0.25, -0.2) is 4.79 Å². The average molecular weight is 281 g/mol. The van der Waals surface area contributed by atoms with Crippen molar-refractivity contribution >= 4 is 12.1 Å². The number of rotatable bonds is 7. The number of hydrogen-bond acceptors (Lipinski definition) is 5. The predicted molar refractivity (Wildman–Crippen MR) is 71.9 cm³/mol. The lowest BCUT2D eigenvalue weighted by atomic mass is 10.2. The summed E-state index contributed by atoms with van der Waals surface area (Å²) in [5, 5.41) is 8.55. The molecule has 0 saturated carbocycles. The molecular weight excluding hydrogens is 262 g/mol. The molecule has 1 rings (SSSR count). The van der Waals surface area contributed by atoms with Gasteiger partial charge in [0.05, 0.1) is 6.61 Å². The molecule has 1 aromatic carbocycles. The van der Waals surface area contributed by atoms with Gasteiger partial charge in [0.2, 0.25) is 0 Å². The highest BCUT2D eigenvalue weighted by atomic mass is 16.6. The molecule has 0 aliphatic rings. The fourth-order valence-corrected chi connectivity index (χ4v) is 1.38. The van der Waals surface area contributed by atoms with Gasteiger partial charge in [-0.05, 0) is 5.56 Å². The van der Waals surface area contributed by atoms with E-state index in [0.29, 0.717) is 6.42 Å². The van der Waals surface area contributed by atoms with E-state index in [9.17, 15) is 9.59 Å². The minimum atomic E-state index is -0.590. The summed E-state index contributed by atoms with van der Waals surface area (Å²) >= 11 is 0. The summed E-state index contributed by atoms with van der Waals surface area (Å²) < 4.78 is 9.87. The fourth-order valence-electron chi connectivity index (χ4n) is 1.38. The number of benzene rings is 1. The van der Waals surface area contributed by atoms with Crippen LogP contribution >= 0.6 is 0 Å². The maximum absolute atomic E-state index is 11.6. The minimum absolute atomic E-state index is 0.0394. The molecule has 110 valence electrons. The van der Waals surface area contributed by atoms with Gasteiger partial charge in [0.25, 0.3) is 0 Å². The minimum Gasteiger partial charge on any atom is -0.464 e. The average Bonchev–Trinajstić information content (AvgIpc) is 2.46. The van der Waals surface area contributed by atoms with Gasteiger partial charge in [-0.15, -0.1) is 0 Å². The second kappa shape index (κ2) is 8.92. The quantitative estimate of drug-likeness (QED) is 0.600. The number of likely N-dealkylation sites (N-methyl/N-ethyl adjacent to an activating group) is 1. The molecule has 20 heavy (non-hydrogen) atoms. The number of carbonyl (C=O) groups excluding carboxylic acids is 2. The summed E-state index contributed by atoms with van der Waals surface area (Å²) in [5.74, 6) is -0.530. The third kappa shape index (κ3) is 6.19. The van der Waals surface area contributed by atoms with E-state index in [1.807, 2.05) is 30.3 Å². The Morgan fingerprint density at radius 2 is 1.90 bits per heavy atom. The van der Waals surface area contributed by atoms with Gasteiger partial charge in [0.15, 0.2) is 0 Å². The van der Waals surface area contributed by atoms with Crippen molar-refractivity contribution in [2.24, 2.45) is 0 Å². The van der Waals surface area contributed by atoms with Crippen LogP contribution in [0.4, 0.5) is 4.79 Å². The molecule has 6 nitrogen and oxygen atoms in total. The third-order valence-electron chi connectivity index (χ3n) is 2.45. The van der Waals surface area contributed by atoms with Crippen molar-refractivity contribution in [1.29, 1.82) is 0 Å². The molecule has 0 spiro atoms. The summed E-state index contributed by atoms with van der Waals surface area (Å²) in [6.45, 7) is 0.0765. The number of carbonyl (C=O) groups is 2. The van der Waals surface area contributed by atoms with E-state index in [-0.39, 0.29) is 26.4 Å². The van der Waals surface area contributed by atoms with Crippen LogP contribution in [-0.4, -0.2) is 48.9 Å². The first-order chi connectivity index (χ1) is 9.63. The van der Waals surface area contributed by atoms with Crippen molar-refractivity contribution in [2.45, 2.75) is 13.0 Å². The smallest absolute Gasteiger partial charge is 0.410 e. The number of hydrogen-bond donors (Lipinski definition) is 1. The molecule has 6 heteroatoms. The van der Waals surface area contributed by atoms with E-state index in [1.54, 1.807) is 0 Å². The summed E-state index contributed by atoms with van der Waals surface area (Å²) in [6, 6.07) is 9.27. The summed E-state index contributed by atoms with van der Waals surface area (Å²) in [6.07, 6.45) is -0.207. The van der Waals surface area contributed by atoms with Crippen LogP contribution in [0.2, 0.25) is 0 Å². The van der Waals surface area contributed by atoms with Gasteiger partial charge in [-0.1, -0.05) is 30.3 Å². The Morgan fingerprint density at radius 3 is 2.55 bits per heavy atom. The number of esters is 1. The monoisotopic (exact) mass is 281 g/mol. The fraction of sp³-hybridized carbons (Fsp3) is 0.429. The Labute approximate surface area is 117 Å². The predicted octanol–water partition coefficient (Wildman–Crippen LogP) is 1.18. The van der Waals surface area contributed by atoms with Crippen LogP contribution in [-0.2, 0) is 20.9 Å². The van der Waals surface area contributed by atoms with E-state index < -0.39 is 12.1 Å². The number of aliphatic hydroxyl groups is 1. The zero-order chi connectivity index (χ0) is 14.8. The standard InChI is InChI=1S/C14H19NO5/c1-15(10-13(17)19-9-5-8-16)14(18)20-11-12-6-3-2-4-7-12/h2-4,6-7,16H,5,8-11H2,1H3. The summed E-state index contributed by atoms with van der Waals surface area (Å²) in [5.41, 5.74) is 0.875. The molecule has 0 fully saturated rings. The first kappa shape index (κ1) is 16.0. The second-order valence-corrected chi connectivity index (χ2v) is 4.19. The Morgan fingerprint density at radius 1 is 1.20 bits per heavy atom. The molecule has 1 N–H and O–H groups in total. The van der Waals surface area contributed by atoms with E-state index >= 15 is 0 Å². The van der Waals surface area contributed by atoms with Crippen LogP contribution in [0.3, 0.4) is 0 Å². The highest BCUT2D eigenvalue weighted by molar-refractivity contribution is 5.77. The zero-order valence-corrected chi connectivity index (χ0v) is 11.4. The zero-order valence-electron chi connectivity index (χ0n) is 11.4. The highest BCUT2D eigenvalue weighted by Crippen LogP contribution is 2.02. The van der Waals surface area contributed by atoms with Crippen molar-refractivity contribution < 1.29 is 24.2 Å². The van der Waals surface area contributed by atoms with Crippen molar-refractivity contribution in [3.63, 3.8) is 0 Å². The molecule has 0 heterocycles.